The molecule has 0 atom stereocenters. The average molecular weight is 273 g/mol. The van der Waals surface area contributed by atoms with E-state index >= 15 is 0 Å². The summed E-state index contributed by atoms with van der Waals surface area (Å²) in [4.78, 5) is 8.31. The molecule has 0 radical (unpaired) electrons. The summed E-state index contributed by atoms with van der Waals surface area (Å²) in [6.45, 7) is 0. The Kier molecular flexibility index (Phi) is 2.89. The second kappa shape index (κ2) is 4.70. The van der Waals surface area contributed by atoms with Crippen molar-refractivity contribution < 1.29 is 4.52 Å². The van der Waals surface area contributed by atoms with Crippen molar-refractivity contribution in [2.75, 3.05) is 5.73 Å². The van der Waals surface area contributed by atoms with Crippen LogP contribution in [0.2, 0.25) is 5.02 Å². The number of anilines is 1. The molecule has 0 aliphatic heterocycles. The van der Waals surface area contributed by atoms with Gasteiger partial charge >= 0.3 is 0 Å². The second-order valence-electron chi connectivity index (χ2n) is 3.90. The molecular formula is C13H9ClN4O. The molecule has 0 aliphatic rings. The molecule has 1 aromatic carbocycles. The zero-order valence-corrected chi connectivity index (χ0v) is 10.5. The van der Waals surface area contributed by atoms with E-state index in [4.69, 9.17) is 21.9 Å². The molecule has 0 fully saturated rings. The minimum absolute atomic E-state index is 0.390. The molecule has 0 saturated heterocycles. The molecule has 0 saturated carbocycles. The zero-order chi connectivity index (χ0) is 13.2. The van der Waals surface area contributed by atoms with Gasteiger partial charge in [0, 0.05) is 23.5 Å². The van der Waals surface area contributed by atoms with Crippen LogP contribution in [0.15, 0.2) is 47.2 Å². The number of halogens is 1. The summed E-state index contributed by atoms with van der Waals surface area (Å²) >= 11 is 5.96. The van der Waals surface area contributed by atoms with E-state index in [2.05, 4.69) is 15.1 Å². The van der Waals surface area contributed by atoms with Crippen LogP contribution in [0, 0.1) is 0 Å². The summed E-state index contributed by atoms with van der Waals surface area (Å²) < 4.78 is 5.21. The summed E-state index contributed by atoms with van der Waals surface area (Å²) in [6, 6.07) is 8.84. The fourth-order valence-corrected chi connectivity index (χ4v) is 1.79. The van der Waals surface area contributed by atoms with Gasteiger partial charge in [-0.25, -0.2) is 0 Å². The quantitative estimate of drug-likeness (QED) is 0.726. The number of nitrogens with two attached hydrogens (primary N) is 1. The Hall–Kier alpha value is -2.40. The highest BCUT2D eigenvalue weighted by Crippen LogP contribution is 2.27. The number of hydrogen-bond acceptors (Lipinski definition) is 5. The van der Waals surface area contributed by atoms with Gasteiger partial charge in [0.05, 0.1) is 10.7 Å². The topological polar surface area (TPSA) is 77.8 Å². The fourth-order valence-electron chi connectivity index (χ4n) is 1.61. The molecule has 2 N–H and O–H groups in total. The van der Waals surface area contributed by atoms with Crippen LogP contribution in [0.3, 0.4) is 0 Å². The lowest BCUT2D eigenvalue weighted by atomic mass is 10.2. The highest BCUT2D eigenvalue weighted by Gasteiger charge is 2.11. The van der Waals surface area contributed by atoms with Gasteiger partial charge in [-0.15, -0.1) is 0 Å². The minimum atomic E-state index is 0.390. The third-order valence-electron chi connectivity index (χ3n) is 2.59. The Bertz CT molecular complexity index is 712. The van der Waals surface area contributed by atoms with Gasteiger partial charge in [-0.1, -0.05) is 16.8 Å². The third kappa shape index (κ3) is 2.28. The monoisotopic (exact) mass is 272 g/mol. The first-order valence-corrected chi connectivity index (χ1v) is 5.91. The Morgan fingerprint density at radius 1 is 1.16 bits per heavy atom. The molecule has 0 unspecified atom stereocenters. The number of rotatable bonds is 2. The van der Waals surface area contributed by atoms with Crippen molar-refractivity contribution in [2.24, 2.45) is 0 Å². The Morgan fingerprint density at radius 3 is 2.79 bits per heavy atom. The van der Waals surface area contributed by atoms with Crippen LogP contribution in [-0.2, 0) is 0 Å². The van der Waals surface area contributed by atoms with Gasteiger partial charge in [0.2, 0.25) is 5.82 Å². The SMILES string of the molecule is Nc1ccc(-c2nc(-c3cccnc3)no2)cc1Cl. The van der Waals surface area contributed by atoms with Crippen molar-refractivity contribution in [2.45, 2.75) is 0 Å². The van der Waals surface area contributed by atoms with Gasteiger partial charge in [-0.2, -0.15) is 4.98 Å². The van der Waals surface area contributed by atoms with Crippen molar-refractivity contribution in [1.82, 2.24) is 15.1 Å². The fraction of sp³-hybridized carbons (Fsp3) is 0. The first-order chi connectivity index (χ1) is 9.24. The van der Waals surface area contributed by atoms with E-state index in [1.807, 2.05) is 12.1 Å². The lowest BCUT2D eigenvalue weighted by molar-refractivity contribution is 0.432. The standard InChI is InChI=1S/C13H9ClN4O/c14-10-6-8(3-4-11(10)15)13-17-12(18-19-13)9-2-1-5-16-7-9/h1-7H,15H2. The van der Waals surface area contributed by atoms with Gasteiger partial charge in [0.1, 0.15) is 0 Å². The maximum atomic E-state index is 5.96. The highest BCUT2D eigenvalue weighted by atomic mass is 35.5. The number of pyridine rings is 1. The molecular weight excluding hydrogens is 264 g/mol. The normalized spacial score (nSPS) is 10.6. The van der Waals surface area contributed by atoms with E-state index in [1.165, 1.54) is 0 Å². The maximum Gasteiger partial charge on any atom is 0.258 e. The Labute approximate surface area is 114 Å². The van der Waals surface area contributed by atoms with Gasteiger partial charge in [-0.3, -0.25) is 4.98 Å². The number of benzene rings is 1. The molecule has 0 bridgehead atoms. The molecule has 19 heavy (non-hydrogen) atoms. The molecule has 0 amide bonds. The van der Waals surface area contributed by atoms with Gasteiger partial charge in [0.25, 0.3) is 5.89 Å². The minimum Gasteiger partial charge on any atom is -0.398 e. The maximum absolute atomic E-state index is 5.96. The number of hydrogen-bond donors (Lipinski definition) is 1. The van der Waals surface area contributed by atoms with Crippen LogP contribution in [-0.4, -0.2) is 15.1 Å². The number of nitrogens with zero attached hydrogens (tertiary/aromatic N) is 3. The first-order valence-electron chi connectivity index (χ1n) is 5.53. The summed E-state index contributed by atoms with van der Waals surface area (Å²) in [5.41, 5.74) is 7.68. The Balaban J connectivity index is 1.99. The van der Waals surface area contributed by atoms with Crippen LogP contribution < -0.4 is 5.73 Å². The lowest BCUT2D eigenvalue weighted by Gasteiger charge is -1.98. The van der Waals surface area contributed by atoms with Crippen molar-refractivity contribution in [3.8, 4) is 22.8 Å². The molecule has 3 aromatic rings. The summed E-state index contributed by atoms with van der Waals surface area (Å²) in [7, 11) is 0. The molecule has 94 valence electrons. The Morgan fingerprint density at radius 2 is 2.05 bits per heavy atom. The van der Waals surface area contributed by atoms with E-state index in [0.29, 0.717) is 22.4 Å². The first kappa shape index (κ1) is 11.7. The van der Waals surface area contributed by atoms with Crippen LogP contribution in [0.5, 0.6) is 0 Å². The predicted molar refractivity (Wildman–Crippen MR) is 72.4 cm³/mol. The third-order valence-corrected chi connectivity index (χ3v) is 2.92. The lowest BCUT2D eigenvalue weighted by Crippen LogP contribution is -1.87. The van der Waals surface area contributed by atoms with E-state index < -0.39 is 0 Å². The summed E-state index contributed by atoms with van der Waals surface area (Å²) in [5, 5.41) is 4.37. The van der Waals surface area contributed by atoms with Gasteiger partial charge < -0.3 is 10.3 Å². The van der Waals surface area contributed by atoms with Crippen LogP contribution >= 0.6 is 11.6 Å². The number of aromatic nitrogens is 3. The van der Waals surface area contributed by atoms with Crippen LogP contribution in [0.4, 0.5) is 5.69 Å². The highest BCUT2D eigenvalue weighted by molar-refractivity contribution is 6.33. The molecule has 2 aromatic heterocycles. The average Bonchev–Trinajstić information content (AvgIpc) is 2.93. The smallest absolute Gasteiger partial charge is 0.258 e. The molecule has 5 nitrogen and oxygen atoms in total. The second-order valence-corrected chi connectivity index (χ2v) is 4.31. The summed E-state index contributed by atoms with van der Waals surface area (Å²) in [5.74, 6) is 0.872. The van der Waals surface area contributed by atoms with Crippen LogP contribution in [0.25, 0.3) is 22.8 Å². The van der Waals surface area contributed by atoms with Gasteiger partial charge in [0.15, 0.2) is 0 Å². The van der Waals surface area contributed by atoms with Crippen molar-refractivity contribution in [3.05, 3.63) is 47.7 Å². The van der Waals surface area contributed by atoms with E-state index in [1.54, 1.807) is 30.6 Å². The van der Waals surface area contributed by atoms with Crippen molar-refractivity contribution in [3.63, 3.8) is 0 Å². The summed E-state index contributed by atoms with van der Waals surface area (Å²) in [6.07, 6.45) is 3.36. The van der Waals surface area contributed by atoms with Crippen molar-refractivity contribution >= 4 is 17.3 Å². The molecule has 0 aliphatic carbocycles. The van der Waals surface area contributed by atoms with E-state index in [-0.39, 0.29) is 0 Å². The zero-order valence-electron chi connectivity index (χ0n) is 9.75. The van der Waals surface area contributed by atoms with Crippen LogP contribution in [0.1, 0.15) is 0 Å². The van der Waals surface area contributed by atoms with E-state index in [9.17, 15) is 0 Å². The number of nitrogen functional groups attached to an aromatic ring is 1. The van der Waals surface area contributed by atoms with Gasteiger partial charge in [-0.05, 0) is 30.3 Å². The molecule has 3 rings (SSSR count). The molecule has 2 heterocycles. The largest absolute Gasteiger partial charge is 0.398 e. The predicted octanol–water partition coefficient (Wildman–Crippen LogP) is 3.03. The molecule has 0 spiro atoms. The molecule has 6 heteroatoms. The van der Waals surface area contributed by atoms with Crippen molar-refractivity contribution in [1.29, 1.82) is 0 Å². The van der Waals surface area contributed by atoms with E-state index in [0.717, 1.165) is 11.1 Å².